The van der Waals surface area contributed by atoms with E-state index < -0.39 is 5.97 Å². The summed E-state index contributed by atoms with van der Waals surface area (Å²) in [7, 11) is 0. The summed E-state index contributed by atoms with van der Waals surface area (Å²) in [6, 6.07) is 11.2. The lowest BCUT2D eigenvalue weighted by atomic mass is 10.0. The Morgan fingerprint density at radius 3 is 2.64 bits per heavy atom. The topological polar surface area (TPSA) is 50.1 Å². The molecule has 0 saturated heterocycles. The van der Waals surface area contributed by atoms with Crippen molar-refractivity contribution < 1.29 is 9.53 Å². The molecule has 1 aliphatic rings. The van der Waals surface area contributed by atoms with E-state index in [1.807, 2.05) is 36.4 Å². The maximum absolute atomic E-state index is 11.1. The maximum Gasteiger partial charge on any atom is 0.349 e. The minimum Gasteiger partial charge on any atom is -0.457 e. The fraction of sp³-hybridized carbons (Fsp3) is 0.0909. The van der Waals surface area contributed by atoms with Gasteiger partial charge in [-0.1, -0.05) is 30.3 Å². The zero-order valence-corrected chi connectivity index (χ0v) is 7.36. The largest absolute Gasteiger partial charge is 0.457 e. The number of rotatable bonds is 1. The number of carbonyl (C=O) groups excluding carboxylic acids is 1. The van der Waals surface area contributed by atoms with Crippen LogP contribution in [0.4, 0.5) is 0 Å². The summed E-state index contributed by atoms with van der Waals surface area (Å²) in [6.07, 6.45) is 0. The third kappa shape index (κ3) is 1.27. The first-order valence-electron chi connectivity index (χ1n) is 4.18. The Labute approximate surface area is 81.2 Å². The Balaban J connectivity index is 2.50. The molecule has 0 fully saturated rings. The second-order valence-electron chi connectivity index (χ2n) is 2.91. The van der Waals surface area contributed by atoms with Gasteiger partial charge in [0.15, 0.2) is 0 Å². The fourth-order valence-corrected chi connectivity index (χ4v) is 1.39. The van der Waals surface area contributed by atoms with Gasteiger partial charge in [-0.3, -0.25) is 0 Å². The molecule has 3 nitrogen and oxygen atoms in total. The molecule has 0 aromatic heterocycles. The molecular weight excluding hydrogens is 178 g/mol. The van der Waals surface area contributed by atoms with Gasteiger partial charge in [0.05, 0.1) is 0 Å². The number of ether oxygens (including phenoxy) is 1. The van der Waals surface area contributed by atoms with Crippen LogP contribution in [0, 0.1) is 11.3 Å². The van der Waals surface area contributed by atoms with Crippen molar-refractivity contribution in [2.24, 2.45) is 0 Å². The van der Waals surface area contributed by atoms with E-state index in [2.05, 4.69) is 0 Å². The highest BCUT2D eigenvalue weighted by atomic mass is 16.5. The van der Waals surface area contributed by atoms with Crippen molar-refractivity contribution in [2.75, 3.05) is 6.61 Å². The maximum atomic E-state index is 11.1. The SMILES string of the molecule is N#CC1=C(c2ccccc2)COC1=O. The molecule has 2 rings (SSSR count). The van der Waals surface area contributed by atoms with Crippen LogP contribution in [0.15, 0.2) is 35.9 Å². The quantitative estimate of drug-likeness (QED) is 0.623. The van der Waals surface area contributed by atoms with Gasteiger partial charge in [-0.05, 0) is 5.56 Å². The van der Waals surface area contributed by atoms with Crippen LogP contribution in [0.1, 0.15) is 5.56 Å². The van der Waals surface area contributed by atoms with Crippen molar-refractivity contribution in [1.82, 2.24) is 0 Å². The molecule has 0 unspecified atom stereocenters. The standard InChI is InChI=1S/C11H7NO2/c12-6-9-10(7-14-11(9)13)8-4-2-1-3-5-8/h1-5H,7H2. The van der Waals surface area contributed by atoms with Gasteiger partial charge in [0.1, 0.15) is 18.2 Å². The summed E-state index contributed by atoms with van der Waals surface area (Å²) in [5.41, 5.74) is 1.67. The van der Waals surface area contributed by atoms with E-state index in [4.69, 9.17) is 10.00 Å². The first kappa shape index (κ1) is 8.52. The summed E-state index contributed by atoms with van der Waals surface area (Å²) in [4.78, 5) is 11.1. The summed E-state index contributed by atoms with van der Waals surface area (Å²) < 4.78 is 4.79. The van der Waals surface area contributed by atoms with E-state index >= 15 is 0 Å². The molecule has 0 amide bonds. The van der Waals surface area contributed by atoms with Crippen molar-refractivity contribution in [2.45, 2.75) is 0 Å². The highest BCUT2D eigenvalue weighted by Crippen LogP contribution is 2.24. The zero-order chi connectivity index (χ0) is 9.97. The van der Waals surface area contributed by atoms with E-state index in [1.165, 1.54) is 0 Å². The number of nitrogens with zero attached hydrogens (tertiary/aromatic N) is 1. The molecule has 0 saturated carbocycles. The number of cyclic esters (lactones) is 1. The smallest absolute Gasteiger partial charge is 0.349 e. The van der Waals surface area contributed by atoms with Gasteiger partial charge in [-0.15, -0.1) is 0 Å². The summed E-state index contributed by atoms with van der Waals surface area (Å²) in [5, 5.41) is 8.76. The number of hydrogen-bond acceptors (Lipinski definition) is 3. The highest BCUT2D eigenvalue weighted by Gasteiger charge is 2.25. The van der Waals surface area contributed by atoms with Crippen LogP contribution < -0.4 is 0 Å². The van der Waals surface area contributed by atoms with Crippen molar-refractivity contribution in [3.8, 4) is 6.07 Å². The van der Waals surface area contributed by atoms with Gasteiger partial charge in [0, 0.05) is 5.57 Å². The van der Waals surface area contributed by atoms with Crippen LogP contribution in [0.25, 0.3) is 5.57 Å². The average Bonchev–Trinajstić information content (AvgIpc) is 2.61. The van der Waals surface area contributed by atoms with Gasteiger partial charge in [0.25, 0.3) is 0 Å². The summed E-state index contributed by atoms with van der Waals surface area (Å²) in [6.45, 7) is 0.200. The highest BCUT2D eigenvalue weighted by molar-refractivity contribution is 6.05. The van der Waals surface area contributed by atoms with Crippen molar-refractivity contribution in [3.63, 3.8) is 0 Å². The minimum absolute atomic E-state index is 0.121. The summed E-state index contributed by atoms with van der Waals surface area (Å²) in [5.74, 6) is -0.522. The lowest BCUT2D eigenvalue weighted by molar-refractivity contribution is -0.135. The molecule has 0 atom stereocenters. The molecule has 0 aliphatic carbocycles. The Kier molecular flexibility index (Phi) is 2.04. The molecule has 1 aromatic carbocycles. The average molecular weight is 185 g/mol. The summed E-state index contributed by atoms with van der Waals surface area (Å²) >= 11 is 0. The van der Waals surface area contributed by atoms with Crippen molar-refractivity contribution in [1.29, 1.82) is 5.26 Å². The van der Waals surface area contributed by atoms with E-state index in [-0.39, 0.29) is 12.2 Å². The molecule has 3 heteroatoms. The van der Waals surface area contributed by atoms with Gasteiger partial charge in [0.2, 0.25) is 0 Å². The van der Waals surface area contributed by atoms with Gasteiger partial charge >= 0.3 is 5.97 Å². The number of carbonyl (C=O) groups is 1. The number of esters is 1. The molecule has 1 heterocycles. The van der Waals surface area contributed by atoms with E-state index in [0.29, 0.717) is 5.57 Å². The van der Waals surface area contributed by atoms with Gasteiger partial charge in [-0.2, -0.15) is 5.26 Å². The monoisotopic (exact) mass is 185 g/mol. The Bertz CT molecular complexity index is 440. The van der Waals surface area contributed by atoms with Crippen LogP contribution in [-0.2, 0) is 9.53 Å². The Morgan fingerprint density at radius 2 is 2.00 bits per heavy atom. The van der Waals surface area contributed by atoms with Crippen molar-refractivity contribution in [3.05, 3.63) is 41.5 Å². The molecule has 0 radical (unpaired) electrons. The minimum atomic E-state index is -0.522. The number of benzene rings is 1. The van der Waals surface area contributed by atoms with Crippen LogP contribution in [-0.4, -0.2) is 12.6 Å². The molecule has 1 aliphatic heterocycles. The molecule has 0 spiro atoms. The first-order chi connectivity index (χ1) is 6.83. The van der Waals surface area contributed by atoms with E-state index in [1.54, 1.807) is 0 Å². The van der Waals surface area contributed by atoms with Crippen LogP contribution >= 0.6 is 0 Å². The molecule has 68 valence electrons. The normalized spacial score (nSPS) is 15.2. The Morgan fingerprint density at radius 1 is 1.29 bits per heavy atom. The Hall–Kier alpha value is -2.08. The zero-order valence-electron chi connectivity index (χ0n) is 7.36. The molecular formula is C11H7NO2. The van der Waals surface area contributed by atoms with Crippen LogP contribution in [0.5, 0.6) is 0 Å². The predicted octanol–water partition coefficient (Wildman–Crippen LogP) is 1.52. The molecule has 14 heavy (non-hydrogen) atoms. The van der Waals surface area contributed by atoms with Crippen LogP contribution in [0.3, 0.4) is 0 Å². The fourth-order valence-electron chi connectivity index (χ4n) is 1.39. The second kappa shape index (κ2) is 3.35. The number of nitriles is 1. The number of hydrogen-bond donors (Lipinski definition) is 0. The lowest BCUT2D eigenvalue weighted by Gasteiger charge is -1.98. The van der Waals surface area contributed by atoms with Gasteiger partial charge in [-0.25, -0.2) is 4.79 Å². The third-order valence-electron chi connectivity index (χ3n) is 2.09. The second-order valence-corrected chi connectivity index (χ2v) is 2.91. The predicted molar refractivity (Wildman–Crippen MR) is 49.9 cm³/mol. The molecule has 1 aromatic rings. The molecule has 0 bridgehead atoms. The van der Waals surface area contributed by atoms with E-state index in [0.717, 1.165) is 5.56 Å². The molecule has 0 N–H and O–H groups in total. The van der Waals surface area contributed by atoms with Gasteiger partial charge < -0.3 is 4.74 Å². The van der Waals surface area contributed by atoms with Crippen molar-refractivity contribution >= 4 is 11.5 Å². The first-order valence-corrected chi connectivity index (χ1v) is 4.18. The third-order valence-corrected chi connectivity index (χ3v) is 2.09. The lowest BCUT2D eigenvalue weighted by Crippen LogP contribution is -1.96. The van der Waals surface area contributed by atoms with E-state index in [9.17, 15) is 4.79 Å². The van der Waals surface area contributed by atoms with Crippen LogP contribution in [0.2, 0.25) is 0 Å².